The molecule has 1 N–H and O–H groups in total. The van der Waals surface area contributed by atoms with Crippen LogP contribution in [0.5, 0.6) is 0 Å². The first kappa shape index (κ1) is 11.7. The number of hydrogen-bond donors (Lipinski definition) is 1. The monoisotopic (exact) mass is 236 g/mol. The maximum Gasteiger partial charge on any atom is 0.0929 e. The SMILES string of the molecule is CC1(C)O[C@@]23C=C[C@](C)(O)C[C@@]2(C)CC[C@@H]1C3. The zero-order valence-electron chi connectivity index (χ0n) is 11.4. The van der Waals surface area contributed by atoms with Gasteiger partial charge in [-0.05, 0) is 52.4 Å². The molecule has 1 spiro atoms. The summed E-state index contributed by atoms with van der Waals surface area (Å²) >= 11 is 0. The molecule has 96 valence electrons. The van der Waals surface area contributed by atoms with E-state index in [2.05, 4.69) is 26.8 Å². The lowest BCUT2D eigenvalue weighted by molar-refractivity contribution is -0.142. The summed E-state index contributed by atoms with van der Waals surface area (Å²) in [5.41, 5.74) is -0.703. The van der Waals surface area contributed by atoms with Gasteiger partial charge in [-0.3, -0.25) is 0 Å². The lowest BCUT2D eigenvalue weighted by atomic mass is 9.56. The Balaban J connectivity index is 2.06. The standard InChI is InChI=1S/C15H24O2/c1-12(2)11-5-6-13(3)10-14(4,16)7-8-15(13,9-11)17-12/h7-8,11,16H,5-6,9-10H2,1-4H3/t11-,13-,14+,15-/m1/s1. The van der Waals surface area contributed by atoms with Crippen molar-refractivity contribution in [3.63, 3.8) is 0 Å². The van der Waals surface area contributed by atoms with Crippen molar-refractivity contribution in [2.75, 3.05) is 0 Å². The Hall–Kier alpha value is -0.340. The maximum absolute atomic E-state index is 10.3. The minimum Gasteiger partial charge on any atom is -0.386 e. The van der Waals surface area contributed by atoms with Gasteiger partial charge in [-0.1, -0.05) is 19.1 Å². The van der Waals surface area contributed by atoms with Crippen molar-refractivity contribution >= 4 is 0 Å². The van der Waals surface area contributed by atoms with Crippen LogP contribution in [0.1, 0.15) is 53.4 Å². The van der Waals surface area contributed by atoms with E-state index in [0.29, 0.717) is 5.92 Å². The van der Waals surface area contributed by atoms with Crippen LogP contribution in [0.25, 0.3) is 0 Å². The fourth-order valence-electron chi connectivity index (χ4n) is 4.43. The van der Waals surface area contributed by atoms with Crippen molar-refractivity contribution in [2.24, 2.45) is 11.3 Å². The zero-order valence-corrected chi connectivity index (χ0v) is 11.4. The van der Waals surface area contributed by atoms with Gasteiger partial charge in [0, 0.05) is 5.41 Å². The molecule has 1 heterocycles. The Morgan fingerprint density at radius 2 is 1.88 bits per heavy atom. The normalized spacial score (nSPS) is 55.7. The Kier molecular flexibility index (Phi) is 2.05. The molecule has 2 heteroatoms. The molecule has 2 aliphatic carbocycles. The van der Waals surface area contributed by atoms with Crippen molar-refractivity contribution < 1.29 is 9.84 Å². The van der Waals surface area contributed by atoms with Crippen molar-refractivity contribution in [1.29, 1.82) is 0 Å². The first-order valence-electron chi connectivity index (χ1n) is 6.81. The van der Waals surface area contributed by atoms with E-state index in [1.54, 1.807) is 0 Å². The van der Waals surface area contributed by atoms with Crippen LogP contribution in [0.4, 0.5) is 0 Å². The van der Waals surface area contributed by atoms with Gasteiger partial charge in [-0.2, -0.15) is 0 Å². The number of fused-ring (bicyclic) bond motifs is 1. The predicted molar refractivity (Wildman–Crippen MR) is 67.7 cm³/mol. The molecule has 4 atom stereocenters. The van der Waals surface area contributed by atoms with Gasteiger partial charge in [-0.15, -0.1) is 0 Å². The molecule has 3 rings (SSSR count). The third-order valence-electron chi connectivity index (χ3n) is 5.50. The minimum absolute atomic E-state index is 0.00863. The third-order valence-corrected chi connectivity index (χ3v) is 5.50. The first-order chi connectivity index (χ1) is 7.68. The first-order valence-corrected chi connectivity index (χ1v) is 6.81. The number of hydrogen-bond acceptors (Lipinski definition) is 2. The zero-order chi connectivity index (χ0) is 12.5. The molecule has 0 amide bonds. The largest absolute Gasteiger partial charge is 0.386 e. The Morgan fingerprint density at radius 3 is 2.59 bits per heavy atom. The van der Waals surface area contributed by atoms with Gasteiger partial charge in [0.1, 0.15) is 0 Å². The topological polar surface area (TPSA) is 29.5 Å². The van der Waals surface area contributed by atoms with E-state index in [9.17, 15) is 5.11 Å². The molecule has 1 aliphatic heterocycles. The second-order valence-electron chi connectivity index (χ2n) is 7.46. The minimum atomic E-state index is -0.664. The van der Waals surface area contributed by atoms with Crippen LogP contribution in [0.2, 0.25) is 0 Å². The molecule has 2 nitrogen and oxygen atoms in total. The van der Waals surface area contributed by atoms with E-state index in [0.717, 1.165) is 12.8 Å². The fraction of sp³-hybridized carbons (Fsp3) is 0.867. The van der Waals surface area contributed by atoms with Crippen LogP contribution in [-0.2, 0) is 4.74 Å². The van der Waals surface area contributed by atoms with Gasteiger partial charge in [0.05, 0.1) is 16.8 Å². The van der Waals surface area contributed by atoms with Crippen molar-refractivity contribution in [1.82, 2.24) is 0 Å². The van der Waals surface area contributed by atoms with Gasteiger partial charge in [0.15, 0.2) is 0 Å². The maximum atomic E-state index is 10.3. The fourth-order valence-corrected chi connectivity index (χ4v) is 4.43. The van der Waals surface area contributed by atoms with Gasteiger partial charge in [0.25, 0.3) is 0 Å². The average molecular weight is 236 g/mol. The van der Waals surface area contributed by atoms with Crippen LogP contribution in [0.15, 0.2) is 12.2 Å². The lowest BCUT2D eigenvalue weighted by Gasteiger charge is -2.52. The Bertz CT molecular complexity index is 382. The van der Waals surface area contributed by atoms with Crippen LogP contribution in [0.3, 0.4) is 0 Å². The summed E-state index contributed by atoms with van der Waals surface area (Å²) in [4.78, 5) is 0. The van der Waals surface area contributed by atoms with Crippen LogP contribution in [-0.4, -0.2) is 21.9 Å². The molecule has 2 fully saturated rings. The molecule has 0 aromatic heterocycles. The summed E-state index contributed by atoms with van der Waals surface area (Å²) in [6.45, 7) is 8.65. The third kappa shape index (κ3) is 1.47. The summed E-state index contributed by atoms with van der Waals surface area (Å²) in [5.74, 6) is 0.670. The van der Waals surface area contributed by atoms with E-state index in [-0.39, 0.29) is 16.6 Å². The van der Waals surface area contributed by atoms with E-state index in [4.69, 9.17) is 4.74 Å². The molecule has 0 aromatic rings. The van der Waals surface area contributed by atoms with Crippen molar-refractivity contribution in [3.8, 4) is 0 Å². The van der Waals surface area contributed by atoms with E-state index in [1.165, 1.54) is 12.8 Å². The molecule has 0 aromatic carbocycles. The molecule has 0 radical (unpaired) electrons. The lowest BCUT2D eigenvalue weighted by Crippen LogP contribution is -2.53. The van der Waals surface area contributed by atoms with Gasteiger partial charge < -0.3 is 9.84 Å². The van der Waals surface area contributed by atoms with Crippen LogP contribution < -0.4 is 0 Å². The highest BCUT2D eigenvalue weighted by Gasteiger charge is 2.63. The summed E-state index contributed by atoms with van der Waals surface area (Å²) < 4.78 is 6.46. The molecular weight excluding hydrogens is 212 g/mol. The second kappa shape index (κ2) is 2.97. The predicted octanol–water partition coefficient (Wildman–Crippen LogP) is 3.05. The second-order valence-corrected chi connectivity index (χ2v) is 7.46. The molecule has 2 bridgehead atoms. The highest BCUT2D eigenvalue weighted by Crippen LogP contribution is 2.63. The summed E-state index contributed by atoms with van der Waals surface area (Å²) in [6.07, 6.45) is 8.47. The number of ether oxygens (including phenoxy) is 1. The van der Waals surface area contributed by atoms with Gasteiger partial charge >= 0.3 is 0 Å². The van der Waals surface area contributed by atoms with E-state index < -0.39 is 5.60 Å². The van der Waals surface area contributed by atoms with Crippen LogP contribution in [0, 0.1) is 11.3 Å². The number of rotatable bonds is 0. The summed E-state index contributed by atoms with van der Waals surface area (Å²) in [6, 6.07) is 0. The van der Waals surface area contributed by atoms with Crippen LogP contribution >= 0.6 is 0 Å². The molecule has 3 aliphatic rings. The molecular formula is C15H24O2. The average Bonchev–Trinajstić information content (AvgIpc) is 2.39. The molecule has 17 heavy (non-hydrogen) atoms. The molecule has 1 saturated carbocycles. The van der Waals surface area contributed by atoms with E-state index in [1.807, 2.05) is 13.0 Å². The van der Waals surface area contributed by atoms with Gasteiger partial charge in [-0.25, -0.2) is 0 Å². The van der Waals surface area contributed by atoms with E-state index >= 15 is 0 Å². The summed E-state index contributed by atoms with van der Waals surface area (Å²) in [5, 5.41) is 10.3. The number of aliphatic hydroxyl groups is 1. The van der Waals surface area contributed by atoms with Gasteiger partial charge in [0.2, 0.25) is 0 Å². The Morgan fingerprint density at radius 1 is 1.18 bits per heavy atom. The summed E-state index contributed by atoms with van der Waals surface area (Å²) in [7, 11) is 0. The molecule has 0 unspecified atom stereocenters. The highest BCUT2D eigenvalue weighted by atomic mass is 16.5. The smallest absolute Gasteiger partial charge is 0.0929 e. The Labute approximate surface area is 104 Å². The van der Waals surface area contributed by atoms with Crippen molar-refractivity contribution in [2.45, 2.75) is 70.2 Å². The quantitative estimate of drug-likeness (QED) is 0.655. The highest BCUT2D eigenvalue weighted by molar-refractivity contribution is 5.26. The van der Waals surface area contributed by atoms with Crippen molar-refractivity contribution in [3.05, 3.63) is 12.2 Å². The molecule has 1 saturated heterocycles.